The number of nitrogens with two attached hydrogens (primary N) is 1. The Hall–Kier alpha value is -8.48. The van der Waals surface area contributed by atoms with Gasteiger partial charge in [-0.15, -0.1) is 0 Å². The first-order valence-electron chi connectivity index (χ1n) is 26.9. The number of pyridine rings is 3. The number of fused-ring (bicyclic) bond motifs is 3. The van der Waals surface area contributed by atoms with Crippen molar-refractivity contribution in [1.29, 1.82) is 0 Å². The highest BCUT2D eigenvalue weighted by Gasteiger charge is 2.43. The van der Waals surface area contributed by atoms with Crippen molar-refractivity contribution < 1.29 is 73.5 Å². The summed E-state index contributed by atoms with van der Waals surface area (Å²) in [5.74, 6) is -5.33. The first kappa shape index (κ1) is 68.3. The summed E-state index contributed by atoms with van der Waals surface area (Å²) < 4.78 is 131. The van der Waals surface area contributed by atoms with Crippen LogP contribution < -0.4 is 41.8 Å². The molecular weight excluding hydrogens is 1150 g/mol. The number of carbonyl (C=O) groups excluding carboxylic acids is 2. The van der Waals surface area contributed by atoms with Crippen LogP contribution in [0, 0.1) is 17.5 Å². The third-order valence-electron chi connectivity index (χ3n) is 12.9. The maximum absolute atomic E-state index is 13.9. The number of nitrogens with zero attached hydrogens (tertiary/aromatic N) is 9. The monoisotopic (exact) mass is 1220 g/mol. The van der Waals surface area contributed by atoms with Gasteiger partial charge in [0.15, 0.2) is 17.5 Å². The van der Waals surface area contributed by atoms with Crippen LogP contribution in [0.4, 0.5) is 74.8 Å². The molecule has 1 amide bonds. The molecule has 86 heavy (non-hydrogen) atoms. The molecule has 22 nitrogen and oxygen atoms in total. The predicted octanol–water partition coefficient (Wildman–Crippen LogP) is 10.4. The first-order chi connectivity index (χ1) is 40.5. The Morgan fingerprint density at radius 2 is 1.02 bits per heavy atom. The van der Waals surface area contributed by atoms with Gasteiger partial charge < -0.3 is 51.4 Å². The van der Waals surface area contributed by atoms with E-state index in [0.29, 0.717) is 70.5 Å². The summed E-state index contributed by atoms with van der Waals surface area (Å²) in [7, 11) is 3.19. The second-order valence-electron chi connectivity index (χ2n) is 20.5. The number of amides is 1. The molecule has 468 valence electrons. The Balaban J connectivity index is 0.000000241. The van der Waals surface area contributed by atoms with Crippen molar-refractivity contribution in [3.05, 3.63) is 78.0 Å². The van der Waals surface area contributed by atoms with Crippen LogP contribution in [0.25, 0.3) is 33.1 Å². The van der Waals surface area contributed by atoms with Crippen molar-refractivity contribution in [2.45, 2.75) is 135 Å². The summed E-state index contributed by atoms with van der Waals surface area (Å²) >= 11 is 0. The van der Waals surface area contributed by atoms with Gasteiger partial charge in [0.25, 0.3) is 0 Å². The fraction of sp³-hybridized carbons (Fsp3) is 0.473. The average molecular weight is 1220 g/mol. The minimum atomic E-state index is -5.27. The van der Waals surface area contributed by atoms with Gasteiger partial charge in [0.2, 0.25) is 17.8 Å². The molecule has 0 aliphatic rings. The molecule has 6 heterocycles. The van der Waals surface area contributed by atoms with Gasteiger partial charge in [0, 0.05) is 36.4 Å². The number of aliphatic hydroxyl groups is 2. The van der Waals surface area contributed by atoms with Gasteiger partial charge in [0.05, 0.1) is 79.2 Å². The highest BCUT2D eigenvalue weighted by molar-refractivity contribution is 5.95. The van der Waals surface area contributed by atoms with Gasteiger partial charge >= 0.3 is 24.2 Å². The van der Waals surface area contributed by atoms with Gasteiger partial charge in [-0.3, -0.25) is 10.1 Å². The Bertz CT molecular complexity index is 3420. The van der Waals surface area contributed by atoms with E-state index < -0.39 is 70.9 Å². The molecule has 0 aliphatic carbocycles. The second kappa shape index (κ2) is 30.0. The van der Waals surface area contributed by atoms with Gasteiger partial charge in [-0.1, -0.05) is 59.3 Å². The smallest absolute Gasteiger partial charge is 0.490 e. The Morgan fingerprint density at radius 1 is 0.581 bits per heavy atom. The zero-order valence-corrected chi connectivity index (χ0v) is 48.3. The number of ether oxygens (including phenoxy) is 3. The Morgan fingerprint density at radius 3 is 1.47 bits per heavy atom. The molecule has 3 atom stereocenters. The molecule has 0 radical (unpaired) electrons. The molecule has 31 heteroatoms. The first-order valence-corrected chi connectivity index (χ1v) is 26.9. The SMILES string of the molecule is CCCC[C@](C)(CO)Nc1nc(N)nc2cc(F)cnc12.CCCC[C@](C)(CO)Nc1nc(NCc2ccc(OC)cc2OC)nc2cc(F)cnc12.CCCC[C@](C)(COC(=O)C(F)(F)F)Nc1nc(NC(=O)C(F)(F)F)nc2cc(F)cnc12. The minimum absolute atomic E-state index is 0.0354. The van der Waals surface area contributed by atoms with E-state index in [0.717, 1.165) is 68.7 Å². The van der Waals surface area contributed by atoms with Crippen molar-refractivity contribution in [2.75, 3.05) is 66.4 Å². The zero-order chi connectivity index (χ0) is 63.6. The third-order valence-corrected chi connectivity index (χ3v) is 12.9. The molecule has 7 rings (SSSR count). The number of esters is 1. The number of alkyl halides is 6. The number of rotatable bonds is 25. The van der Waals surface area contributed by atoms with Crippen molar-refractivity contribution in [2.24, 2.45) is 0 Å². The highest BCUT2D eigenvalue weighted by atomic mass is 19.4. The van der Waals surface area contributed by atoms with E-state index in [1.54, 1.807) is 27.2 Å². The molecule has 0 fully saturated rings. The second-order valence-corrected chi connectivity index (χ2v) is 20.5. The number of unbranched alkanes of at least 4 members (excludes halogenated alkanes) is 3. The molecule has 6 aromatic heterocycles. The molecular formula is C55H68F9N15O7. The average Bonchev–Trinajstić information content (AvgIpc) is 1.27. The molecule has 0 saturated heterocycles. The number of nitrogen functional groups attached to an aromatic ring is 1. The van der Waals surface area contributed by atoms with E-state index in [1.165, 1.54) is 24.4 Å². The Labute approximate surface area is 488 Å². The summed E-state index contributed by atoms with van der Waals surface area (Å²) in [6.07, 6.45) is -0.855. The summed E-state index contributed by atoms with van der Waals surface area (Å²) in [5.41, 5.74) is 5.14. The summed E-state index contributed by atoms with van der Waals surface area (Å²) in [5, 5.41) is 33.4. The van der Waals surface area contributed by atoms with E-state index in [1.807, 2.05) is 26.0 Å². The molecule has 0 bridgehead atoms. The third kappa shape index (κ3) is 19.5. The maximum atomic E-state index is 13.9. The molecule has 0 saturated carbocycles. The van der Waals surface area contributed by atoms with Crippen LogP contribution >= 0.6 is 0 Å². The predicted molar refractivity (Wildman–Crippen MR) is 304 cm³/mol. The summed E-state index contributed by atoms with van der Waals surface area (Å²) in [6, 6.07) is 8.91. The van der Waals surface area contributed by atoms with Gasteiger partial charge in [-0.2, -0.15) is 41.3 Å². The topological polar surface area (TPSA) is 304 Å². The number of hydrogen-bond acceptors (Lipinski definition) is 21. The quantitative estimate of drug-likeness (QED) is 0.0195. The van der Waals surface area contributed by atoms with Gasteiger partial charge in [-0.05, 0) is 52.2 Å². The lowest BCUT2D eigenvalue weighted by Gasteiger charge is -2.31. The van der Waals surface area contributed by atoms with Gasteiger partial charge in [-0.25, -0.2) is 47.9 Å². The number of hydrogen-bond donors (Lipinski definition) is 8. The van der Waals surface area contributed by atoms with Crippen LogP contribution in [0.3, 0.4) is 0 Å². The van der Waals surface area contributed by atoms with Crippen LogP contribution in [-0.4, -0.2) is 130 Å². The van der Waals surface area contributed by atoms with Crippen LogP contribution in [-0.2, 0) is 20.9 Å². The van der Waals surface area contributed by atoms with Crippen molar-refractivity contribution >= 4 is 80.3 Å². The maximum Gasteiger partial charge on any atom is 0.490 e. The van der Waals surface area contributed by atoms with Crippen LogP contribution in [0.15, 0.2) is 55.0 Å². The molecule has 1 aromatic carbocycles. The number of aromatic nitrogens is 9. The lowest BCUT2D eigenvalue weighted by Crippen LogP contribution is -2.42. The normalized spacial score (nSPS) is 13.6. The van der Waals surface area contributed by atoms with E-state index in [9.17, 15) is 59.3 Å². The largest absolute Gasteiger partial charge is 0.497 e. The number of methoxy groups -OCH3 is 2. The lowest BCUT2D eigenvalue weighted by molar-refractivity contribution is -0.200. The van der Waals surface area contributed by atoms with E-state index in [-0.39, 0.29) is 42.4 Å². The Kier molecular flexibility index (Phi) is 23.9. The molecule has 9 N–H and O–H groups in total. The number of benzene rings is 1. The summed E-state index contributed by atoms with van der Waals surface area (Å²) in [6.45, 7) is 10.6. The standard InChI is InChI=1S/C23H30FN5O3.C18H18F7N5O3.C14H20FN5O/c1-5-6-9-23(2,14-30)29-21-20-18(10-16(24)13-25-20)27-22(28-21)26-12-15-7-8-17(31-3)11-19(15)32-4;1-3-4-5-16(2,8-33-14(32)18(23,24)25)30-12-11-10(6-9(19)7-26-11)27-15(28-12)29-13(31)17(20,21)22;1-3-4-5-14(2,8-21)20-12-11-10(18-13(16)19-12)6-9(15)7-17-11/h7-8,10-11,13,30H,5-6,9,12,14H2,1-4H3,(H2,26,27,28,29);6-7H,3-5,8H2,1-2H3,(H2,27,28,29,30,31);6-7,21H,3-5,8H2,1-2H3,(H3,16,18,19,20)/t23-;16-;14-/m111/s1. The van der Waals surface area contributed by atoms with E-state index in [2.05, 4.69) is 84.7 Å². The molecule has 0 aliphatic heterocycles. The number of halogens is 9. The summed E-state index contributed by atoms with van der Waals surface area (Å²) in [4.78, 5) is 58.9. The van der Waals surface area contributed by atoms with E-state index >= 15 is 0 Å². The van der Waals surface area contributed by atoms with Crippen LogP contribution in [0.1, 0.15) is 105 Å². The molecule has 7 aromatic rings. The molecule has 0 spiro atoms. The fourth-order valence-corrected chi connectivity index (χ4v) is 8.14. The van der Waals surface area contributed by atoms with Crippen molar-refractivity contribution in [3.8, 4) is 11.5 Å². The number of nitrogens with one attached hydrogen (secondary N) is 5. The number of aliphatic hydroxyl groups excluding tert-OH is 2. The van der Waals surface area contributed by atoms with Crippen LogP contribution in [0.5, 0.6) is 11.5 Å². The fourth-order valence-electron chi connectivity index (χ4n) is 8.14. The molecule has 0 unspecified atom stereocenters. The zero-order valence-electron chi connectivity index (χ0n) is 48.3. The number of anilines is 6. The van der Waals surface area contributed by atoms with Crippen molar-refractivity contribution in [3.63, 3.8) is 0 Å². The number of carbonyl (C=O) groups is 2. The van der Waals surface area contributed by atoms with Crippen molar-refractivity contribution in [1.82, 2.24) is 44.9 Å². The lowest BCUT2D eigenvalue weighted by atomic mass is 9.95. The van der Waals surface area contributed by atoms with Crippen LogP contribution in [0.2, 0.25) is 0 Å². The minimum Gasteiger partial charge on any atom is -0.497 e. The van der Waals surface area contributed by atoms with E-state index in [4.69, 9.17) is 15.2 Å². The highest BCUT2D eigenvalue weighted by Crippen LogP contribution is 2.32. The van der Waals surface area contributed by atoms with Gasteiger partial charge in [0.1, 0.15) is 52.1 Å².